The molecule has 0 aromatic heterocycles. The van der Waals surface area contributed by atoms with E-state index in [0.29, 0.717) is 30.4 Å². The third-order valence-corrected chi connectivity index (χ3v) is 3.43. The highest BCUT2D eigenvalue weighted by molar-refractivity contribution is 6.18. The number of halogens is 3. The summed E-state index contributed by atoms with van der Waals surface area (Å²) in [5.74, 6) is -2.68. The third kappa shape index (κ3) is 4.93. The molecule has 8 heteroatoms. The minimum absolute atomic E-state index is 0.274. The minimum Gasteiger partial charge on any atom is -0.352 e. The normalized spacial score (nSPS) is 12.0. The molecule has 5 nitrogen and oxygen atoms in total. The molecular weight excluding hydrogens is 306 g/mol. The number of nitrogens with one attached hydrogen (secondary N) is 1. The summed E-state index contributed by atoms with van der Waals surface area (Å²) in [4.78, 5) is 21.7. The Morgan fingerprint density at radius 3 is 2.62 bits per heavy atom. The summed E-state index contributed by atoms with van der Waals surface area (Å²) >= 11 is 5.64. The van der Waals surface area contributed by atoms with Crippen LogP contribution in [0.5, 0.6) is 0 Å². The SMILES string of the molecule is CC(CCl)CCCNC(=O)c1cc(F)c(F)cc1[N+](=O)[O-]. The molecule has 0 heterocycles. The number of rotatable bonds is 7. The number of hydrogen-bond acceptors (Lipinski definition) is 3. The first-order chi connectivity index (χ1) is 9.86. The predicted octanol–water partition coefficient (Wildman–Crippen LogP) is 3.26. The van der Waals surface area contributed by atoms with Gasteiger partial charge in [-0.15, -0.1) is 11.6 Å². The number of carbonyl (C=O) groups is 1. The van der Waals surface area contributed by atoms with Gasteiger partial charge in [-0.05, 0) is 24.8 Å². The maximum Gasteiger partial charge on any atom is 0.285 e. The van der Waals surface area contributed by atoms with Gasteiger partial charge in [0.2, 0.25) is 0 Å². The smallest absolute Gasteiger partial charge is 0.285 e. The summed E-state index contributed by atoms with van der Waals surface area (Å²) in [6.07, 6.45) is 1.42. The predicted molar refractivity (Wildman–Crippen MR) is 74.5 cm³/mol. The van der Waals surface area contributed by atoms with Crippen molar-refractivity contribution in [3.63, 3.8) is 0 Å². The largest absolute Gasteiger partial charge is 0.352 e. The molecule has 116 valence electrons. The van der Waals surface area contributed by atoms with Crippen LogP contribution in [-0.2, 0) is 0 Å². The highest BCUT2D eigenvalue weighted by Crippen LogP contribution is 2.22. The molecule has 1 rings (SSSR count). The topological polar surface area (TPSA) is 72.2 Å². The van der Waals surface area contributed by atoms with Crippen LogP contribution in [0.4, 0.5) is 14.5 Å². The lowest BCUT2D eigenvalue weighted by atomic mass is 10.1. The first kappa shape index (κ1) is 17.3. The lowest BCUT2D eigenvalue weighted by Gasteiger charge is -2.08. The second-order valence-electron chi connectivity index (χ2n) is 4.70. The molecule has 0 spiro atoms. The highest BCUT2D eigenvalue weighted by atomic mass is 35.5. The van der Waals surface area contributed by atoms with E-state index in [0.717, 1.165) is 6.42 Å². The second kappa shape index (κ2) is 7.87. The summed E-state index contributed by atoms with van der Waals surface area (Å²) in [7, 11) is 0. The van der Waals surface area contributed by atoms with Crippen LogP contribution in [0.15, 0.2) is 12.1 Å². The van der Waals surface area contributed by atoms with Gasteiger partial charge in [0.05, 0.1) is 11.0 Å². The van der Waals surface area contributed by atoms with Gasteiger partial charge in [-0.2, -0.15) is 0 Å². The zero-order valence-corrected chi connectivity index (χ0v) is 12.1. The Kier molecular flexibility index (Phi) is 6.48. The van der Waals surface area contributed by atoms with E-state index in [2.05, 4.69) is 5.32 Å². The minimum atomic E-state index is -1.37. The van der Waals surface area contributed by atoms with Crippen LogP contribution in [0.25, 0.3) is 0 Å². The number of nitro benzene ring substituents is 1. The molecular formula is C13H15ClF2N2O3. The fourth-order valence-electron chi connectivity index (χ4n) is 1.69. The summed E-state index contributed by atoms with van der Waals surface area (Å²) < 4.78 is 26.1. The molecule has 0 aliphatic carbocycles. The van der Waals surface area contributed by atoms with Gasteiger partial charge in [0.1, 0.15) is 5.56 Å². The third-order valence-electron chi connectivity index (χ3n) is 2.90. The van der Waals surface area contributed by atoms with Gasteiger partial charge in [0.25, 0.3) is 11.6 Å². The molecule has 1 N–H and O–H groups in total. The number of carbonyl (C=O) groups excluding carboxylic acids is 1. The molecule has 0 saturated carbocycles. The van der Waals surface area contributed by atoms with Crippen LogP contribution < -0.4 is 5.32 Å². The molecule has 1 aromatic carbocycles. The molecule has 1 atom stereocenters. The summed E-state index contributed by atoms with van der Waals surface area (Å²) in [5, 5.41) is 13.2. The second-order valence-corrected chi connectivity index (χ2v) is 5.01. The number of nitro groups is 1. The van der Waals surface area contributed by atoms with Crippen LogP contribution in [0.3, 0.4) is 0 Å². The molecule has 0 radical (unpaired) electrons. The molecule has 0 fully saturated rings. The first-order valence-electron chi connectivity index (χ1n) is 6.34. The Labute approximate surface area is 125 Å². The molecule has 0 saturated heterocycles. The van der Waals surface area contributed by atoms with Crippen molar-refractivity contribution < 1.29 is 18.5 Å². The van der Waals surface area contributed by atoms with Gasteiger partial charge in [-0.25, -0.2) is 8.78 Å². The zero-order chi connectivity index (χ0) is 16.0. The van der Waals surface area contributed by atoms with Crippen molar-refractivity contribution in [3.8, 4) is 0 Å². The van der Waals surface area contributed by atoms with Crippen molar-refractivity contribution in [2.24, 2.45) is 5.92 Å². The average molecular weight is 321 g/mol. The maximum absolute atomic E-state index is 13.1. The number of alkyl halides is 1. The Hall–Kier alpha value is -1.76. The van der Waals surface area contributed by atoms with E-state index in [4.69, 9.17) is 11.6 Å². The molecule has 1 amide bonds. The van der Waals surface area contributed by atoms with Crippen molar-refractivity contribution in [2.75, 3.05) is 12.4 Å². The Morgan fingerprint density at radius 1 is 1.43 bits per heavy atom. The average Bonchev–Trinajstić information content (AvgIpc) is 2.45. The number of amides is 1. The van der Waals surface area contributed by atoms with Gasteiger partial charge in [0.15, 0.2) is 11.6 Å². The summed E-state index contributed by atoms with van der Waals surface area (Å²) in [5.41, 5.74) is -1.26. The summed E-state index contributed by atoms with van der Waals surface area (Å²) in [6.45, 7) is 2.23. The standard InChI is InChI=1S/C13H15ClF2N2O3/c1-8(7-14)3-2-4-17-13(19)9-5-10(15)11(16)6-12(9)18(20)21/h5-6,8H,2-4,7H2,1H3,(H,17,19). The zero-order valence-electron chi connectivity index (χ0n) is 11.4. The van der Waals surface area contributed by atoms with E-state index in [1.807, 2.05) is 6.92 Å². The molecule has 0 bridgehead atoms. The van der Waals surface area contributed by atoms with Crippen molar-refractivity contribution in [2.45, 2.75) is 19.8 Å². The van der Waals surface area contributed by atoms with Gasteiger partial charge in [0, 0.05) is 12.4 Å². The van der Waals surface area contributed by atoms with Crippen molar-refractivity contribution >= 4 is 23.2 Å². The van der Waals surface area contributed by atoms with Gasteiger partial charge in [-0.1, -0.05) is 6.92 Å². The van der Waals surface area contributed by atoms with E-state index in [1.165, 1.54) is 0 Å². The molecule has 0 aliphatic rings. The van der Waals surface area contributed by atoms with Crippen LogP contribution in [-0.4, -0.2) is 23.3 Å². The van der Waals surface area contributed by atoms with Crippen LogP contribution in [0.1, 0.15) is 30.1 Å². The van der Waals surface area contributed by atoms with E-state index in [9.17, 15) is 23.7 Å². The van der Waals surface area contributed by atoms with Crippen molar-refractivity contribution in [1.82, 2.24) is 5.32 Å². The fourth-order valence-corrected chi connectivity index (χ4v) is 1.85. The highest BCUT2D eigenvalue weighted by Gasteiger charge is 2.23. The molecule has 1 aromatic rings. The Morgan fingerprint density at radius 2 is 2.05 bits per heavy atom. The summed E-state index contributed by atoms with van der Waals surface area (Å²) in [6, 6.07) is 0.935. The van der Waals surface area contributed by atoms with Crippen LogP contribution in [0, 0.1) is 27.7 Å². The Bertz CT molecular complexity index is 540. The monoisotopic (exact) mass is 320 g/mol. The Balaban J connectivity index is 2.73. The van der Waals surface area contributed by atoms with E-state index >= 15 is 0 Å². The maximum atomic E-state index is 13.1. The number of benzene rings is 1. The van der Waals surface area contributed by atoms with E-state index < -0.39 is 33.7 Å². The number of hydrogen-bond donors (Lipinski definition) is 1. The van der Waals surface area contributed by atoms with Crippen LogP contribution >= 0.6 is 11.6 Å². The molecule has 21 heavy (non-hydrogen) atoms. The van der Waals surface area contributed by atoms with E-state index in [-0.39, 0.29) is 6.54 Å². The molecule has 1 unspecified atom stereocenters. The van der Waals surface area contributed by atoms with Crippen LogP contribution in [0.2, 0.25) is 0 Å². The van der Waals surface area contributed by atoms with Gasteiger partial charge < -0.3 is 5.32 Å². The lowest BCUT2D eigenvalue weighted by molar-refractivity contribution is -0.385. The van der Waals surface area contributed by atoms with E-state index in [1.54, 1.807) is 0 Å². The quantitative estimate of drug-likeness (QED) is 0.363. The molecule has 0 aliphatic heterocycles. The number of nitrogens with zero attached hydrogens (tertiary/aromatic N) is 1. The van der Waals surface area contributed by atoms with Gasteiger partial charge >= 0.3 is 0 Å². The van der Waals surface area contributed by atoms with Gasteiger partial charge in [-0.3, -0.25) is 14.9 Å². The van der Waals surface area contributed by atoms with Crippen molar-refractivity contribution in [1.29, 1.82) is 0 Å². The van der Waals surface area contributed by atoms with Crippen molar-refractivity contribution in [3.05, 3.63) is 39.4 Å². The fraction of sp³-hybridized carbons (Fsp3) is 0.462. The lowest BCUT2D eigenvalue weighted by Crippen LogP contribution is -2.26. The first-order valence-corrected chi connectivity index (χ1v) is 6.87.